The average Bonchev–Trinajstić information content (AvgIpc) is 3.19. The zero-order valence-electron chi connectivity index (χ0n) is 14.1. The second-order valence-corrected chi connectivity index (χ2v) is 10.6. The molecule has 5 nitrogen and oxygen atoms in total. The van der Waals surface area contributed by atoms with Gasteiger partial charge in [-0.15, -0.1) is 23.1 Å². The first-order chi connectivity index (χ1) is 12.3. The Morgan fingerprint density at radius 2 is 2.15 bits per heavy atom. The van der Waals surface area contributed by atoms with Crippen LogP contribution in [0.2, 0.25) is 0 Å². The van der Waals surface area contributed by atoms with E-state index in [9.17, 15) is 17.6 Å². The molecule has 2 aromatic rings. The first-order valence-corrected chi connectivity index (χ1v) is 11.9. The van der Waals surface area contributed by atoms with Crippen molar-refractivity contribution < 1.29 is 17.6 Å². The van der Waals surface area contributed by atoms with E-state index in [1.54, 1.807) is 19.1 Å². The molecule has 2 heterocycles. The molecule has 140 valence electrons. The zero-order valence-corrected chi connectivity index (χ0v) is 16.6. The number of carbonyl (C=O) groups is 1. The summed E-state index contributed by atoms with van der Waals surface area (Å²) >= 11 is 2.93. The van der Waals surface area contributed by atoms with E-state index in [1.165, 1.54) is 35.2 Å². The van der Waals surface area contributed by atoms with E-state index in [4.69, 9.17) is 0 Å². The van der Waals surface area contributed by atoms with Crippen LogP contribution in [0.15, 0.2) is 29.6 Å². The van der Waals surface area contributed by atoms with Gasteiger partial charge in [0.2, 0.25) is 5.91 Å². The first kappa shape index (κ1) is 19.3. The maximum atomic E-state index is 13.0. The molecule has 1 aromatic carbocycles. The molecule has 1 N–H and O–H groups in total. The summed E-state index contributed by atoms with van der Waals surface area (Å²) in [6.07, 6.45) is 0.485. The topological polar surface area (TPSA) is 76.1 Å². The predicted octanol–water partition coefficient (Wildman–Crippen LogP) is 2.87. The van der Waals surface area contributed by atoms with Gasteiger partial charge in [-0.1, -0.05) is 0 Å². The number of carbonyl (C=O) groups excluding carboxylic acids is 1. The molecule has 1 aromatic heterocycles. The van der Waals surface area contributed by atoms with Gasteiger partial charge in [-0.05, 0) is 37.6 Å². The lowest BCUT2D eigenvalue weighted by Gasteiger charge is -2.15. The van der Waals surface area contributed by atoms with E-state index in [2.05, 4.69) is 10.3 Å². The highest BCUT2D eigenvalue weighted by atomic mass is 32.2. The summed E-state index contributed by atoms with van der Waals surface area (Å²) in [6.45, 7) is 1.80. The van der Waals surface area contributed by atoms with Crippen molar-refractivity contribution in [2.45, 2.75) is 30.4 Å². The molecular weight excluding hydrogens is 395 g/mol. The summed E-state index contributed by atoms with van der Waals surface area (Å²) in [5.74, 6) is 0.324. The Kier molecular flexibility index (Phi) is 5.99. The van der Waals surface area contributed by atoms with Gasteiger partial charge >= 0.3 is 0 Å². The molecule has 0 spiro atoms. The third-order valence-corrected chi connectivity index (χ3v) is 7.96. The molecule has 1 fully saturated rings. The normalized spacial score (nSPS) is 20.0. The van der Waals surface area contributed by atoms with Crippen LogP contribution >= 0.6 is 23.1 Å². The monoisotopic (exact) mass is 414 g/mol. The van der Waals surface area contributed by atoms with E-state index in [0.717, 1.165) is 16.3 Å². The van der Waals surface area contributed by atoms with Crippen LogP contribution in [-0.2, 0) is 20.4 Å². The third-order valence-electron chi connectivity index (χ3n) is 4.07. The Morgan fingerprint density at radius 3 is 2.81 bits per heavy atom. The van der Waals surface area contributed by atoms with Crippen molar-refractivity contribution in [1.29, 1.82) is 0 Å². The number of thioether (sulfide) groups is 1. The van der Waals surface area contributed by atoms with Gasteiger partial charge in [-0.2, -0.15) is 0 Å². The van der Waals surface area contributed by atoms with E-state index < -0.39 is 9.84 Å². The van der Waals surface area contributed by atoms with E-state index >= 15 is 0 Å². The Hall–Kier alpha value is -1.45. The van der Waals surface area contributed by atoms with Crippen LogP contribution in [0.5, 0.6) is 0 Å². The van der Waals surface area contributed by atoms with Crippen LogP contribution < -0.4 is 5.32 Å². The Balaban J connectivity index is 1.51. The van der Waals surface area contributed by atoms with Crippen LogP contribution in [-0.4, -0.2) is 42.1 Å². The van der Waals surface area contributed by atoms with Crippen molar-refractivity contribution >= 4 is 38.8 Å². The number of rotatable bonds is 6. The summed E-state index contributed by atoms with van der Waals surface area (Å²) in [7, 11) is -3.00. The number of hydrogen-bond donors (Lipinski definition) is 1. The number of nitrogens with one attached hydrogen (secondary N) is 1. The van der Waals surface area contributed by atoms with E-state index in [0.29, 0.717) is 12.2 Å². The van der Waals surface area contributed by atoms with Gasteiger partial charge in [0.15, 0.2) is 9.84 Å². The van der Waals surface area contributed by atoms with Crippen molar-refractivity contribution in [2.75, 3.05) is 11.5 Å². The van der Waals surface area contributed by atoms with Gasteiger partial charge < -0.3 is 5.32 Å². The number of aromatic nitrogens is 1. The molecule has 2 atom stereocenters. The fraction of sp³-hybridized carbons (Fsp3) is 0.412. The van der Waals surface area contributed by atoms with Crippen molar-refractivity contribution in [3.05, 3.63) is 41.2 Å². The lowest BCUT2D eigenvalue weighted by molar-refractivity contribution is -0.120. The zero-order chi connectivity index (χ0) is 18.7. The number of sulfone groups is 1. The Morgan fingerprint density at radius 1 is 1.42 bits per heavy atom. The average molecular weight is 415 g/mol. The number of thiazole rings is 1. The first-order valence-electron chi connectivity index (χ1n) is 8.15. The maximum absolute atomic E-state index is 13.0. The number of benzene rings is 1. The molecular formula is C17H19FN2O3S3. The van der Waals surface area contributed by atoms with E-state index in [-0.39, 0.29) is 34.5 Å². The van der Waals surface area contributed by atoms with Crippen LogP contribution in [0.3, 0.4) is 0 Å². The van der Waals surface area contributed by atoms with Crippen molar-refractivity contribution in [3.63, 3.8) is 0 Å². The minimum Gasteiger partial charge on any atom is -0.351 e. The lowest BCUT2D eigenvalue weighted by Crippen LogP contribution is -2.40. The van der Waals surface area contributed by atoms with Gasteiger partial charge in [0.05, 0.1) is 22.4 Å². The third kappa shape index (κ3) is 5.05. The van der Waals surface area contributed by atoms with Crippen LogP contribution in [0.4, 0.5) is 4.39 Å². The molecule has 9 heteroatoms. The minimum absolute atomic E-state index is 0.0310. The van der Waals surface area contributed by atoms with Crippen LogP contribution in [0.1, 0.15) is 19.0 Å². The van der Waals surface area contributed by atoms with Gasteiger partial charge in [0.25, 0.3) is 0 Å². The van der Waals surface area contributed by atoms with Crippen molar-refractivity contribution in [2.24, 2.45) is 0 Å². The largest absolute Gasteiger partial charge is 0.351 e. The molecule has 3 rings (SSSR count). The van der Waals surface area contributed by atoms with Crippen LogP contribution in [0, 0.1) is 5.82 Å². The SMILES string of the molecule is CC(SCc1csc(-c2ccc(F)cc2)n1)C(=O)NC1CCS(=O)(=O)C1. The highest BCUT2D eigenvalue weighted by molar-refractivity contribution is 7.99. The standard InChI is InChI=1S/C17H19FN2O3S3/c1-11(16(21)19-14-6-7-26(22,23)10-14)24-8-15-9-25-17(20-15)12-2-4-13(18)5-3-12/h2-5,9,11,14H,6-8,10H2,1H3,(H,19,21). The van der Waals surface area contributed by atoms with Crippen LogP contribution in [0.25, 0.3) is 10.6 Å². The Labute approximate surface area is 160 Å². The highest BCUT2D eigenvalue weighted by Gasteiger charge is 2.30. The van der Waals surface area contributed by atoms with Crippen molar-refractivity contribution in [3.8, 4) is 10.6 Å². The number of hydrogen-bond acceptors (Lipinski definition) is 6. The molecule has 0 bridgehead atoms. The summed E-state index contributed by atoms with van der Waals surface area (Å²) in [5.41, 5.74) is 1.73. The quantitative estimate of drug-likeness (QED) is 0.787. The predicted molar refractivity (Wildman–Crippen MR) is 103 cm³/mol. The van der Waals surface area contributed by atoms with Gasteiger partial charge in [0.1, 0.15) is 10.8 Å². The number of halogens is 1. The maximum Gasteiger partial charge on any atom is 0.233 e. The van der Waals surface area contributed by atoms with Gasteiger partial charge in [-0.3, -0.25) is 4.79 Å². The molecule has 1 aliphatic rings. The van der Waals surface area contributed by atoms with Gasteiger partial charge in [0, 0.05) is 22.7 Å². The molecule has 26 heavy (non-hydrogen) atoms. The summed E-state index contributed by atoms with van der Waals surface area (Å²) < 4.78 is 35.9. The minimum atomic E-state index is -3.00. The second kappa shape index (κ2) is 8.06. The molecule has 0 radical (unpaired) electrons. The molecule has 2 unspecified atom stereocenters. The number of amides is 1. The van der Waals surface area contributed by atoms with Gasteiger partial charge in [-0.25, -0.2) is 17.8 Å². The molecule has 1 saturated heterocycles. The number of nitrogens with zero attached hydrogens (tertiary/aromatic N) is 1. The second-order valence-electron chi connectivity index (χ2n) is 6.21. The fourth-order valence-corrected chi connectivity index (χ4v) is 6.00. The summed E-state index contributed by atoms with van der Waals surface area (Å²) in [6, 6.07) is 5.91. The summed E-state index contributed by atoms with van der Waals surface area (Å²) in [5, 5.41) is 5.26. The van der Waals surface area contributed by atoms with Crippen molar-refractivity contribution in [1.82, 2.24) is 10.3 Å². The lowest BCUT2D eigenvalue weighted by atomic mass is 10.2. The molecule has 0 saturated carbocycles. The molecule has 0 aliphatic carbocycles. The highest BCUT2D eigenvalue weighted by Crippen LogP contribution is 2.26. The smallest absolute Gasteiger partial charge is 0.233 e. The Bertz CT molecular complexity index is 881. The van der Waals surface area contributed by atoms with E-state index in [1.807, 2.05) is 5.38 Å². The fourth-order valence-electron chi connectivity index (χ4n) is 2.61. The molecule has 1 aliphatic heterocycles. The summed E-state index contributed by atoms with van der Waals surface area (Å²) in [4.78, 5) is 16.7. The molecule has 1 amide bonds.